The van der Waals surface area contributed by atoms with Crippen LogP contribution in [0.1, 0.15) is 85.1 Å². The summed E-state index contributed by atoms with van der Waals surface area (Å²) in [5.74, 6) is -0.828. The highest BCUT2D eigenvalue weighted by Crippen LogP contribution is 2.36. The number of rotatable bonds is 13. The topological polar surface area (TPSA) is 200 Å². The van der Waals surface area contributed by atoms with E-state index in [2.05, 4.69) is 29.8 Å². The van der Waals surface area contributed by atoms with Crippen molar-refractivity contribution < 1.29 is 40.3 Å². The summed E-state index contributed by atoms with van der Waals surface area (Å²) < 4.78 is 93.9. The molecule has 0 saturated heterocycles. The number of benzene rings is 4. The van der Waals surface area contributed by atoms with Gasteiger partial charge in [-0.1, -0.05) is 89.0 Å². The second-order valence-electron chi connectivity index (χ2n) is 18.4. The number of esters is 1. The van der Waals surface area contributed by atoms with E-state index < -0.39 is 43.3 Å². The van der Waals surface area contributed by atoms with E-state index in [1.165, 1.54) is 41.0 Å². The first-order valence-corrected chi connectivity index (χ1v) is 24.5. The molecule has 6 rings (SSSR count). The fraction of sp³-hybridized carbons (Fsp3) is 0.370. The third kappa shape index (κ3) is 13.0. The molecule has 3 N–H and O–H groups in total. The minimum absolute atomic E-state index is 0.0165. The minimum atomic E-state index is -4.06. The van der Waals surface area contributed by atoms with Crippen LogP contribution in [-0.4, -0.2) is 69.6 Å². The first kappa shape index (κ1) is 52.5. The van der Waals surface area contributed by atoms with Gasteiger partial charge >= 0.3 is 5.97 Å². The summed E-state index contributed by atoms with van der Waals surface area (Å²) in [6.07, 6.45) is 0.0834. The van der Waals surface area contributed by atoms with E-state index in [0.717, 1.165) is 23.3 Å². The zero-order chi connectivity index (χ0) is 50.0. The maximum absolute atomic E-state index is 14.3. The van der Waals surface area contributed by atoms with Crippen LogP contribution in [0, 0.1) is 11.6 Å². The van der Waals surface area contributed by atoms with Crippen molar-refractivity contribution in [2.45, 2.75) is 101 Å². The Morgan fingerprint density at radius 2 is 1.03 bits per heavy atom. The van der Waals surface area contributed by atoms with Gasteiger partial charge in [0.15, 0.2) is 11.6 Å². The molecule has 21 heteroatoms. The summed E-state index contributed by atoms with van der Waals surface area (Å²) in [6.45, 7) is 17.4. The third-order valence-electron chi connectivity index (χ3n) is 10.3. The van der Waals surface area contributed by atoms with Crippen LogP contribution < -0.4 is 9.44 Å². The maximum atomic E-state index is 14.3. The molecule has 0 saturated carbocycles. The van der Waals surface area contributed by atoms with Crippen molar-refractivity contribution in [3.05, 3.63) is 117 Å². The van der Waals surface area contributed by atoms with Gasteiger partial charge in [0.2, 0.25) is 0 Å². The van der Waals surface area contributed by atoms with E-state index >= 15 is 0 Å². The van der Waals surface area contributed by atoms with Gasteiger partial charge in [-0.2, -0.15) is 0 Å². The monoisotopic (exact) mass is 1000 g/mol. The van der Waals surface area contributed by atoms with Crippen molar-refractivity contribution in [2.75, 3.05) is 16.1 Å². The summed E-state index contributed by atoms with van der Waals surface area (Å²) in [5.41, 5.74) is 1.02. The summed E-state index contributed by atoms with van der Waals surface area (Å²) in [4.78, 5) is 11.9. The molecule has 0 aliphatic heterocycles. The molecular weight excluding hydrogens is 950 g/mol. The van der Waals surface area contributed by atoms with Crippen molar-refractivity contribution in [1.29, 1.82) is 0 Å². The summed E-state index contributed by atoms with van der Waals surface area (Å²) >= 11 is 12.0. The molecule has 0 unspecified atom stereocenters. The van der Waals surface area contributed by atoms with Gasteiger partial charge in [-0.3, -0.25) is 14.2 Å². The average molecular weight is 1000 g/mol. The molecule has 2 heterocycles. The van der Waals surface area contributed by atoms with Crippen molar-refractivity contribution in [1.82, 2.24) is 29.5 Å². The van der Waals surface area contributed by atoms with Crippen LogP contribution in [0.4, 0.5) is 20.2 Å². The Morgan fingerprint density at radius 3 is 1.39 bits per heavy atom. The lowest BCUT2D eigenvalue weighted by Crippen LogP contribution is -2.24. The molecule has 0 aliphatic carbocycles. The Labute approximate surface area is 400 Å². The molecule has 0 atom stereocenters. The van der Waals surface area contributed by atoms with Gasteiger partial charge in [0.25, 0.3) is 20.0 Å². The van der Waals surface area contributed by atoms with Gasteiger partial charge in [0, 0.05) is 43.8 Å². The SMILES string of the molecule is CCOC(=O)Cc1nnc(-c2cc(Cl)c(F)cc2NS(=O)(=O)c2ccc(C(C)(C)C)cc2)n1C.Cn1c(CC(C)(C)O)nnc1-c1cc(Cl)c(F)cc1NS(=O)(=O)c1ccc(C(C)(C)C)cc1. The van der Waals surface area contributed by atoms with Gasteiger partial charge in [-0.25, -0.2) is 25.6 Å². The third-order valence-corrected chi connectivity index (χ3v) is 13.6. The first-order valence-electron chi connectivity index (χ1n) is 20.8. The highest BCUT2D eigenvalue weighted by atomic mass is 35.5. The summed E-state index contributed by atoms with van der Waals surface area (Å²) in [5, 5.41) is 26.0. The van der Waals surface area contributed by atoms with E-state index in [9.17, 15) is 35.5 Å². The van der Waals surface area contributed by atoms with Gasteiger partial charge in [-0.15, -0.1) is 20.4 Å². The molecule has 0 bridgehead atoms. The molecule has 6 aromatic rings. The van der Waals surface area contributed by atoms with Crippen molar-refractivity contribution in [3.63, 3.8) is 0 Å². The fourth-order valence-corrected chi connectivity index (χ4v) is 9.00. The van der Waals surface area contributed by atoms with Crippen LogP contribution in [-0.2, 0) is 67.3 Å². The molecule has 4 aromatic carbocycles. The molecular formula is C46H54Cl2F2N8O7S2. The molecule has 15 nitrogen and oxygen atoms in total. The van der Waals surface area contributed by atoms with Crippen LogP contribution in [0.25, 0.3) is 22.8 Å². The van der Waals surface area contributed by atoms with Crippen LogP contribution >= 0.6 is 23.2 Å². The number of nitrogens with zero attached hydrogens (tertiary/aromatic N) is 6. The maximum Gasteiger partial charge on any atom is 0.313 e. The lowest BCUT2D eigenvalue weighted by atomic mass is 9.87. The number of anilines is 2. The van der Waals surface area contributed by atoms with Gasteiger partial charge in [-0.05, 0) is 79.1 Å². The Kier molecular flexibility index (Phi) is 15.7. The predicted octanol–water partition coefficient (Wildman–Crippen LogP) is 9.16. The number of ether oxygens (including phenoxy) is 1. The number of aromatic nitrogens is 6. The van der Waals surface area contributed by atoms with Crippen LogP contribution in [0.2, 0.25) is 10.0 Å². The largest absolute Gasteiger partial charge is 0.466 e. The van der Waals surface area contributed by atoms with Gasteiger partial charge in [0.05, 0.1) is 43.4 Å². The smallest absolute Gasteiger partial charge is 0.313 e. The molecule has 2 aromatic heterocycles. The van der Waals surface area contributed by atoms with E-state index in [4.69, 9.17) is 27.9 Å². The number of aliphatic hydroxyl groups is 1. The number of nitrogens with one attached hydrogen (secondary N) is 2. The molecule has 0 spiro atoms. The Morgan fingerprint density at radius 1 is 0.657 bits per heavy atom. The number of carbonyl (C=O) groups excluding carboxylic acids is 1. The summed E-state index contributed by atoms with van der Waals surface area (Å²) in [6, 6.07) is 17.6. The molecule has 0 aliphatic rings. The van der Waals surface area contributed by atoms with Crippen LogP contribution in [0.3, 0.4) is 0 Å². The van der Waals surface area contributed by atoms with Gasteiger partial charge in [0.1, 0.15) is 29.7 Å². The lowest BCUT2D eigenvalue weighted by Gasteiger charge is -2.19. The van der Waals surface area contributed by atoms with Crippen molar-refractivity contribution >= 4 is 60.6 Å². The molecule has 360 valence electrons. The number of hydrogen-bond acceptors (Lipinski definition) is 11. The fourth-order valence-electron chi connectivity index (χ4n) is 6.54. The number of hydrogen-bond donors (Lipinski definition) is 3. The quantitative estimate of drug-likeness (QED) is 0.0932. The Hall–Kier alpha value is -5.47. The summed E-state index contributed by atoms with van der Waals surface area (Å²) in [7, 11) is -4.81. The second-order valence-corrected chi connectivity index (χ2v) is 22.5. The first-order chi connectivity index (χ1) is 30.9. The predicted molar refractivity (Wildman–Crippen MR) is 255 cm³/mol. The molecule has 0 fully saturated rings. The van der Waals surface area contributed by atoms with E-state index in [-0.39, 0.29) is 84.3 Å². The number of halogens is 4. The minimum Gasteiger partial charge on any atom is -0.466 e. The van der Waals surface area contributed by atoms with E-state index in [1.54, 1.807) is 63.7 Å². The van der Waals surface area contributed by atoms with E-state index in [0.29, 0.717) is 11.6 Å². The number of sulfonamides is 2. The zero-order valence-electron chi connectivity index (χ0n) is 39.0. The Balaban J connectivity index is 0.000000251. The average Bonchev–Trinajstić information content (AvgIpc) is 3.76. The highest BCUT2D eigenvalue weighted by Gasteiger charge is 2.26. The number of carbonyl (C=O) groups is 1. The molecule has 67 heavy (non-hydrogen) atoms. The highest BCUT2D eigenvalue weighted by molar-refractivity contribution is 7.93. The van der Waals surface area contributed by atoms with Crippen LogP contribution in [0.5, 0.6) is 0 Å². The zero-order valence-corrected chi connectivity index (χ0v) is 42.1. The normalized spacial score (nSPS) is 12.4. The standard InChI is InChI=1S/C23H26ClFN4O4S.C23H28ClFN4O3S/c1-6-33-21(30)13-20-26-27-22(29(20)5)16-11-17(24)18(25)12-19(16)28-34(31,32)15-9-7-14(8-10-15)23(2,3)4;1-22(2,3)14-7-9-15(10-8-14)33(31,32)28-19-12-18(25)17(24)11-16(19)21-27-26-20(29(21)6)13-23(4,5)30/h7-12,28H,6,13H2,1-5H3;7-12,28,30H,13H2,1-6H3. The lowest BCUT2D eigenvalue weighted by molar-refractivity contribution is -0.142. The van der Waals surface area contributed by atoms with Gasteiger partial charge < -0.3 is 19.0 Å². The van der Waals surface area contributed by atoms with Crippen molar-refractivity contribution in [2.24, 2.45) is 14.1 Å². The molecule has 0 amide bonds. The van der Waals surface area contributed by atoms with E-state index in [1.807, 2.05) is 41.5 Å². The second kappa shape index (κ2) is 20.0. The van der Waals surface area contributed by atoms with Crippen molar-refractivity contribution in [3.8, 4) is 22.8 Å². The molecule has 0 radical (unpaired) electrons. The van der Waals surface area contributed by atoms with Crippen LogP contribution in [0.15, 0.2) is 82.6 Å². The Bertz CT molecular complexity index is 3000.